The average Bonchev–Trinajstić information content (AvgIpc) is 3.62. The molecule has 6 nitrogen and oxygen atoms in total. The normalized spacial score (nSPS) is 17.5. The average molecular weight is 437 g/mol. The highest BCUT2D eigenvalue weighted by Gasteiger charge is 2.48. The molecule has 2 aromatic carbocycles. The Kier molecular flexibility index (Phi) is 4.89. The number of hydrogen-bond acceptors (Lipinski definition) is 4. The van der Waals surface area contributed by atoms with Crippen LogP contribution in [0, 0.1) is 11.6 Å². The number of benzene rings is 2. The van der Waals surface area contributed by atoms with Gasteiger partial charge in [-0.15, -0.1) is 0 Å². The van der Waals surface area contributed by atoms with Crippen molar-refractivity contribution in [3.05, 3.63) is 98.7 Å². The minimum absolute atomic E-state index is 0.0525. The van der Waals surface area contributed by atoms with Gasteiger partial charge < -0.3 is 15.0 Å². The summed E-state index contributed by atoms with van der Waals surface area (Å²) >= 11 is 0. The van der Waals surface area contributed by atoms with Crippen LogP contribution in [0.3, 0.4) is 0 Å². The maximum absolute atomic E-state index is 14.0. The Hall–Kier alpha value is -3.39. The molecule has 1 aliphatic carbocycles. The lowest BCUT2D eigenvalue weighted by molar-refractivity contribution is -0.141. The summed E-state index contributed by atoms with van der Waals surface area (Å²) in [5.41, 5.74) is 1.05. The number of nitrogens with zero attached hydrogens (tertiary/aromatic N) is 2. The monoisotopic (exact) mass is 437 g/mol. The van der Waals surface area contributed by atoms with Gasteiger partial charge in [0.15, 0.2) is 6.10 Å². The zero-order valence-electron chi connectivity index (χ0n) is 17.1. The Morgan fingerprint density at radius 3 is 2.62 bits per heavy atom. The predicted molar refractivity (Wildman–Crippen MR) is 112 cm³/mol. The molecule has 1 saturated carbocycles. The van der Waals surface area contributed by atoms with Crippen LogP contribution in [0.2, 0.25) is 0 Å². The van der Waals surface area contributed by atoms with Crippen LogP contribution in [0.5, 0.6) is 0 Å². The van der Waals surface area contributed by atoms with Crippen molar-refractivity contribution in [3.8, 4) is 0 Å². The highest BCUT2D eigenvalue weighted by Crippen LogP contribution is 2.51. The number of aromatic nitrogens is 2. The molecule has 0 spiro atoms. The van der Waals surface area contributed by atoms with E-state index < -0.39 is 29.2 Å². The number of rotatable bonds is 4. The van der Waals surface area contributed by atoms with E-state index in [0.717, 1.165) is 36.6 Å². The number of H-pyrrole nitrogens is 1. The van der Waals surface area contributed by atoms with Crippen molar-refractivity contribution in [2.45, 2.75) is 37.3 Å². The summed E-state index contributed by atoms with van der Waals surface area (Å²) in [5.74, 6) is -1.78. The maximum atomic E-state index is 14.0. The molecule has 1 aliphatic heterocycles. The first-order valence-corrected chi connectivity index (χ1v) is 10.5. The summed E-state index contributed by atoms with van der Waals surface area (Å²) < 4.78 is 27.5. The lowest BCUT2D eigenvalue weighted by Gasteiger charge is -2.30. The first kappa shape index (κ1) is 20.5. The first-order chi connectivity index (χ1) is 15.4. The number of aliphatic hydroxyl groups excluding tert-OH is 1. The number of nitrogens with one attached hydrogen (secondary N) is 1. The third-order valence-corrected chi connectivity index (χ3v) is 6.40. The number of hydrogen-bond donors (Lipinski definition) is 2. The number of amides is 1. The van der Waals surface area contributed by atoms with Crippen LogP contribution in [-0.2, 0) is 23.2 Å². The van der Waals surface area contributed by atoms with Crippen molar-refractivity contribution in [1.29, 1.82) is 0 Å². The molecule has 1 atom stereocenters. The van der Waals surface area contributed by atoms with Gasteiger partial charge in [-0.25, -0.2) is 13.8 Å². The molecule has 3 aromatic rings. The molecule has 2 aliphatic rings. The van der Waals surface area contributed by atoms with Crippen molar-refractivity contribution in [2.24, 2.45) is 0 Å². The Balaban J connectivity index is 1.41. The fraction of sp³-hybridized carbons (Fsp3) is 0.292. The fourth-order valence-electron chi connectivity index (χ4n) is 4.41. The van der Waals surface area contributed by atoms with E-state index in [9.17, 15) is 23.5 Å². The van der Waals surface area contributed by atoms with E-state index >= 15 is 0 Å². The van der Waals surface area contributed by atoms with Crippen LogP contribution < -0.4 is 5.56 Å². The van der Waals surface area contributed by atoms with Gasteiger partial charge in [0, 0.05) is 18.5 Å². The van der Waals surface area contributed by atoms with Gasteiger partial charge in [-0.05, 0) is 36.6 Å². The van der Waals surface area contributed by atoms with Gasteiger partial charge in [0.1, 0.15) is 17.5 Å². The van der Waals surface area contributed by atoms with E-state index in [0.29, 0.717) is 23.5 Å². The number of fused-ring (bicyclic) bond motifs is 1. The Morgan fingerprint density at radius 1 is 1.16 bits per heavy atom. The van der Waals surface area contributed by atoms with Gasteiger partial charge in [-0.2, -0.15) is 0 Å². The first-order valence-electron chi connectivity index (χ1n) is 10.5. The predicted octanol–water partition coefficient (Wildman–Crippen LogP) is 2.75. The molecule has 1 aromatic heterocycles. The topological polar surface area (TPSA) is 86.3 Å². The van der Waals surface area contributed by atoms with Crippen LogP contribution in [0.4, 0.5) is 8.78 Å². The summed E-state index contributed by atoms with van der Waals surface area (Å²) in [6.45, 7) is 0.164. The second kappa shape index (κ2) is 7.63. The van der Waals surface area contributed by atoms with Gasteiger partial charge in [0.25, 0.3) is 11.5 Å². The van der Waals surface area contributed by atoms with E-state index in [1.165, 1.54) is 4.90 Å². The standard InChI is InChI=1S/C24H21F2N3O3/c25-15-6-7-18(26)16(12-15)20(30)22(32)29-11-8-19-17(13-29)21(31)28-23(27-19)24(9-10-24)14-4-2-1-3-5-14/h1-7,12,20,30H,8-11,13H2,(H,27,28,31). The molecule has 32 heavy (non-hydrogen) atoms. The highest BCUT2D eigenvalue weighted by molar-refractivity contribution is 5.82. The van der Waals surface area contributed by atoms with Gasteiger partial charge in [0.2, 0.25) is 0 Å². The van der Waals surface area contributed by atoms with E-state index in [4.69, 9.17) is 4.98 Å². The molecule has 1 amide bonds. The Morgan fingerprint density at radius 2 is 1.91 bits per heavy atom. The van der Waals surface area contributed by atoms with Crippen LogP contribution >= 0.6 is 0 Å². The van der Waals surface area contributed by atoms with E-state index in [-0.39, 0.29) is 24.1 Å². The summed E-state index contributed by atoms with van der Waals surface area (Å²) in [5, 5.41) is 10.3. The molecule has 1 fully saturated rings. The molecule has 2 N–H and O–H groups in total. The fourth-order valence-corrected chi connectivity index (χ4v) is 4.41. The zero-order valence-corrected chi connectivity index (χ0v) is 17.1. The van der Waals surface area contributed by atoms with Crippen LogP contribution in [0.25, 0.3) is 0 Å². The van der Waals surface area contributed by atoms with Crippen LogP contribution in [0.15, 0.2) is 53.3 Å². The second-order valence-electron chi connectivity index (χ2n) is 8.37. The van der Waals surface area contributed by atoms with Gasteiger partial charge in [0.05, 0.1) is 23.2 Å². The highest BCUT2D eigenvalue weighted by atomic mass is 19.1. The van der Waals surface area contributed by atoms with Gasteiger partial charge >= 0.3 is 0 Å². The molecule has 0 radical (unpaired) electrons. The molecular formula is C24H21F2N3O3. The summed E-state index contributed by atoms with van der Waals surface area (Å²) in [7, 11) is 0. The third kappa shape index (κ3) is 3.40. The minimum Gasteiger partial charge on any atom is -0.378 e. The number of halogens is 2. The largest absolute Gasteiger partial charge is 0.378 e. The molecule has 8 heteroatoms. The Labute approximate surface area is 182 Å². The van der Waals surface area contributed by atoms with Crippen molar-refractivity contribution >= 4 is 5.91 Å². The number of carbonyl (C=O) groups excluding carboxylic acids is 1. The summed E-state index contributed by atoms with van der Waals surface area (Å²) in [6, 6.07) is 12.5. The van der Waals surface area contributed by atoms with Crippen LogP contribution in [0.1, 0.15) is 47.2 Å². The van der Waals surface area contributed by atoms with Gasteiger partial charge in [-0.1, -0.05) is 30.3 Å². The number of aromatic amines is 1. The lowest BCUT2D eigenvalue weighted by atomic mass is 9.94. The number of aliphatic hydroxyl groups is 1. The molecule has 0 bridgehead atoms. The molecule has 2 heterocycles. The van der Waals surface area contributed by atoms with E-state index in [1.54, 1.807) is 0 Å². The zero-order chi connectivity index (χ0) is 22.5. The Bertz CT molecular complexity index is 1260. The molecule has 0 saturated heterocycles. The number of carbonyl (C=O) groups is 1. The third-order valence-electron chi connectivity index (χ3n) is 6.40. The molecule has 1 unspecified atom stereocenters. The summed E-state index contributed by atoms with van der Waals surface area (Å²) in [6.07, 6.45) is 0.274. The lowest BCUT2D eigenvalue weighted by Crippen LogP contribution is -2.42. The van der Waals surface area contributed by atoms with Crippen molar-refractivity contribution < 1.29 is 18.7 Å². The minimum atomic E-state index is -1.86. The van der Waals surface area contributed by atoms with Crippen molar-refractivity contribution in [2.75, 3.05) is 6.54 Å². The van der Waals surface area contributed by atoms with Crippen LogP contribution in [-0.4, -0.2) is 32.4 Å². The van der Waals surface area contributed by atoms with Crippen molar-refractivity contribution in [3.63, 3.8) is 0 Å². The maximum Gasteiger partial charge on any atom is 0.256 e. The van der Waals surface area contributed by atoms with Crippen molar-refractivity contribution in [1.82, 2.24) is 14.9 Å². The van der Waals surface area contributed by atoms with Gasteiger partial charge in [-0.3, -0.25) is 9.59 Å². The molecular weight excluding hydrogens is 416 g/mol. The molecule has 5 rings (SSSR count). The SMILES string of the molecule is O=C(C(O)c1cc(F)ccc1F)N1CCc2nc(C3(c4ccccc4)CC3)[nH]c(=O)c2C1. The molecule has 164 valence electrons. The summed E-state index contributed by atoms with van der Waals surface area (Å²) in [4.78, 5) is 34.6. The smallest absolute Gasteiger partial charge is 0.256 e. The van der Waals surface area contributed by atoms with E-state index in [1.807, 2.05) is 30.3 Å². The quantitative estimate of drug-likeness (QED) is 0.657. The van der Waals surface area contributed by atoms with E-state index in [2.05, 4.69) is 4.98 Å². The second-order valence-corrected chi connectivity index (χ2v) is 8.37.